The molecule has 8 heteroatoms. The number of aromatic nitrogens is 1. The number of rotatable bonds is 6. The molecule has 0 aliphatic rings. The van der Waals surface area contributed by atoms with Crippen molar-refractivity contribution in [1.82, 2.24) is 9.71 Å². The first-order valence-corrected chi connectivity index (χ1v) is 8.49. The molecule has 6 nitrogen and oxygen atoms in total. The number of thiophene rings is 1. The Morgan fingerprint density at radius 3 is 2.76 bits per heavy atom. The van der Waals surface area contributed by atoms with E-state index in [0.29, 0.717) is 5.69 Å². The van der Waals surface area contributed by atoms with E-state index in [0.717, 1.165) is 11.3 Å². The molecule has 0 saturated carbocycles. The lowest BCUT2D eigenvalue weighted by atomic mass is 10.2. The molecule has 0 atom stereocenters. The van der Waals surface area contributed by atoms with Gasteiger partial charge in [-0.25, -0.2) is 17.9 Å². The van der Waals surface area contributed by atoms with E-state index in [4.69, 9.17) is 5.11 Å². The monoisotopic (exact) mass is 326 g/mol. The number of sulfonamides is 1. The molecule has 0 aliphatic carbocycles. The molecule has 112 valence electrons. The first-order valence-electron chi connectivity index (χ1n) is 6.19. The lowest BCUT2D eigenvalue weighted by Gasteiger charge is -2.05. The second-order valence-electron chi connectivity index (χ2n) is 4.24. The van der Waals surface area contributed by atoms with Crippen molar-refractivity contribution in [1.29, 1.82) is 0 Å². The molecule has 0 fully saturated rings. The summed E-state index contributed by atoms with van der Waals surface area (Å²) in [4.78, 5) is 15.8. The summed E-state index contributed by atoms with van der Waals surface area (Å²) in [6.45, 7) is 1.90. The summed E-state index contributed by atoms with van der Waals surface area (Å²) >= 11 is 1.22. The van der Waals surface area contributed by atoms with Gasteiger partial charge in [-0.15, -0.1) is 11.3 Å². The van der Waals surface area contributed by atoms with Crippen LogP contribution in [0, 0.1) is 0 Å². The van der Waals surface area contributed by atoms with Crippen LogP contribution < -0.4 is 4.72 Å². The minimum absolute atomic E-state index is 0.0528. The van der Waals surface area contributed by atoms with E-state index in [1.54, 1.807) is 12.1 Å². The summed E-state index contributed by atoms with van der Waals surface area (Å²) in [5.74, 6) is -1.08. The predicted molar refractivity (Wildman–Crippen MR) is 78.9 cm³/mol. The highest BCUT2D eigenvalue weighted by Gasteiger charge is 2.16. The third-order valence-corrected chi connectivity index (χ3v) is 5.88. The highest BCUT2D eigenvalue weighted by molar-refractivity contribution is 7.91. The number of nitrogens with zero attached hydrogens (tertiary/aromatic N) is 1. The molecule has 2 rings (SSSR count). The molecule has 21 heavy (non-hydrogen) atoms. The molecular weight excluding hydrogens is 312 g/mol. The van der Waals surface area contributed by atoms with Gasteiger partial charge in [-0.2, -0.15) is 0 Å². The van der Waals surface area contributed by atoms with Gasteiger partial charge in [0.25, 0.3) is 0 Å². The number of carboxylic acids is 1. The van der Waals surface area contributed by atoms with Crippen LogP contribution in [0.4, 0.5) is 0 Å². The van der Waals surface area contributed by atoms with E-state index in [1.807, 2.05) is 6.92 Å². The second-order valence-corrected chi connectivity index (χ2v) is 7.40. The lowest BCUT2D eigenvalue weighted by Crippen LogP contribution is -2.23. The number of hydrogen-bond acceptors (Lipinski definition) is 5. The molecule has 2 aromatic heterocycles. The van der Waals surface area contributed by atoms with Gasteiger partial charge in [-0.3, -0.25) is 4.98 Å². The van der Waals surface area contributed by atoms with Crippen molar-refractivity contribution < 1.29 is 18.3 Å². The Kier molecular flexibility index (Phi) is 4.71. The van der Waals surface area contributed by atoms with Gasteiger partial charge in [0.05, 0.1) is 17.8 Å². The van der Waals surface area contributed by atoms with Gasteiger partial charge in [0.2, 0.25) is 10.0 Å². The summed E-state index contributed by atoms with van der Waals surface area (Å²) in [5.41, 5.74) is 0.425. The van der Waals surface area contributed by atoms with E-state index in [2.05, 4.69) is 9.71 Å². The molecule has 2 N–H and O–H groups in total. The van der Waals surface area contributed by atoms with Crippen molar-refractivity contribution in [3.05, 3.63) is 46.6 Å². The summed E-state index contributed by atoms with van der Waals surface area (Å²) in [5, 5.41) is 8.88. The van der Waals surface area contributed by atoms with Crippen molar-refractivity contribution in [2.75, 3.05) is 0 Å². The Balaban J connectivity index is 2.11. The van der Waals surface area contributed by atoms with Crippen LogP contribution in [0.3, 0.4) is 0 Å². The van der Waals surface area contributed by atoms with Gasteiger partial charge in [0.15, 0.2) is 0 Å². The smallest absolute Gasteiger partial charge is 0.335 e. The SMILES string of the molecule is CCc1ccc(S(=O)(=O)NCc2cc(C(=O)O)ccn2)s1. The highest BCUT2D eigenvalue weighted by Crippen LogP contribution is 2.21. The van der Waals surface area contributed by atoms with Gasteiger partial charge < -0.3 is 5.11 Å². The zero-order valence-electron chi connectivity index (χ0n) is 11.2. The number of hydrogen-bond donors (Lipinski definition) is 2. The maximum absolute atomic E-state index is 12.1. The van der Waals surface area contributed by atoms with Crippen LogP contribution in [-0.4, -0.2) is 24.5 Å². The number of carbonyl (C=O) groups is 1. The fraction of sp³-hybridized carbons (Fsp3) is 0.231. The number of aryl methyl sites for hydroxylation is 1. The normalized spacial score (nSPS) is 11.5. The van der Waals surface area contributed by atoms with Crippen LogP contribution in [0.25, 0.3) is 0 Å². The topological polar surface area (TPSA) is 96.4 Å². The Morgan fingerprint density at radius 1 is 1.38 bits per heavy atom. The van der Waals surface area contributed by atoms with Crippen molar-refractivity contribution >= 4 is 27.3 Å². The van der Waals surface area contributed by atoms with Gasteiger partial charge in [-0.05, 0) is 30.7 Å². The average molecular weight is 326 g/mol. The minimum Gasteiger partial charge on any atom is -0.478 e. The molecule has 2 heterocycles. The van der Waals surface area contributed by atoms with E-state index in [1.165, 1.54) is 29.7 Å². The zero-order chi connectivity index (χ0) is 15.5. The van der Waals surface area contributed by atoms with Crippen LogP contribution in [-0.2, 0) is 23.0 Å². The molecular formula is C13H14N2O4S2. The Labute approximate surface area is 126 Å². The summed E-state index contributed by atoms with van der Waals surface area (Å²) in [6, 6.07) is 6.04. The average Bonchev–Trinajstić information content (AvgIpc) is 2.95. The molecule has 0 spiro atoms. The molecule has 0 aliphatic heterocycles. The van der Waals surface area contributed by atoms with Crippen LogP contribution in [0.15, 0.2) is 34.7 Å². The van der Waals surface area contributed by atoms with E-state index >= 15 is 0 Å². The van der Waals surface area contributed by atoms with Crippen LogP contribution in [0.1, 0.15) is 27.9 Å². The number of pyridine rings is 1. The number of carboxylic acid groups (broad SMARTS) is 1. The van der Waals surface area contributed by atoms with E-state index in [9.17, 15) is 13.2 Å². The van der Waals surface area contributed by atoms with Crippen molar-refractivity contribution in [2.45, 2.75) is 24.1 Å². The third-order valence-electron chi connectivity index (χ3n) is 2.76. The molecule has 0 saturated heterocycles. The Morgan fingerprint density at radius 2 is 2.14 bits per heavy atom. The maximum Gasteiger partial charge on any atom is 0.335 e. The largest absolute Gasteiger partial charge is 0.478 e. The predicted octanol–water partition coefficient (Wildman–Crippen LogP) is 1.88. The standard InChI is InChI=1S/C13H14N2O4S2/c1-2-11-3-4-12(20-11)21(18,19)15-8-10-7-9(13(16)17)5-6-14-10/h3-7,15H,2,8H2,1H3,(H,16,17). The highest BCUT2D eigenvalue weighted by atomic mass is 32.2. The number of aromatic carboxylic acids is 1. The van der Waals surface area contributed by atoms with Gasteiger partial charge in [-0.1, -0.05) is 6.92 Å². The quantitative estimate of drug-likeness (QED) is 0.845. The molecule has 0 aromatic carbocycles. The molecule has 2 aromatic rings. The van der Waals surface area contributed by atoms with Crippen LogP contribution >= 0.6 is 11.3 Å². The summed E-state index contributed by atoms with van der Waals surface area (Å²) < 4.78 is 26.9. The fourth-order valence-corrected chi connectivity index (χ4v) is 3.98. The lowest BCUT2D eigenvalue weighted by molar-refractivity contribution is 0.0696. The molecule has 0 unspecified atom stereocenters. The maximum atomic E-state index is 12.1. The van der Waals surface area contributed by atoms with Gasteiger partial charge in [0.1, 0.15) is 4.21 Å². The summed E-state index contributed by atoms with van der Waals surface area (Å²) in [7, 11) is -3.60. The first kappa shape index (κ1) is 15.6. The summed E-state index contributed by atoms with van der Waals surface area (Å²) in [6.07, 6.45) is 2.12. The molecule has 0 radical (unpaired) electrons. The van der Waals surface area contributed by atoms with Gasteiger partial charge in [0, 0.05) is 11.1 Å². The van der Waals surface area contributed by atoms with Crippen LogP contribution in [0.5, 0.6) is 0 Å². The third kappa shape index (κ3) is 3.87. The first-order chi connectivity index (χ1) is 9.92. The molecule has 0 bridgehead atoms. The van der Waals surface area contributed by atoms with Gasteiger partial charge >= 0.3 is 5.97 Å². The van der Waals surface area contributed by atoms with Crippen molar-refractivity contribution in [3.63, 3.8) is 0 Å². The Bertz CT molecular complexity index is 753. The fourth-order valence-electron chi connectivity index (χ4n) is 1.64. The van der Waals surface area contributed by atoms with Crippen molar-refractivity contribution in [2.24, 2.45) is 0 Å². The minimum atomic E-state index is -3.60. The Hall–Kier alpha value is -1.77. The van der Waals surface area contributed by atoms with Crippen LogP contribution in [0.2, 0.25) is 0 Å². The van der Waals surface area contributed by atoms with E-state index in [-0.39, 0.29) is 16.3 Å². The number of nitrogens with one attached hydrogen (secondary N) is 1. The molecule has 0 amide bonds. The zero-order valence-corrected chi connectivity index (χ0v) is 12.9. The van der Waals surface area contributed by atoms with E-state index < -0.39 is 16.0 Å². The second kappa shape index (κ2) is 6.33. The van der Waals surface area contributed by atoms with Crippen molar-refractivity contribution in [3.8, 4) is 0 Å².